The third-order valence-corrected chi connectivity index (χ3v) is 5.33. The molecule has 0 saturated carbocycles. The fourth-order valence-electron chi connectivity index (χ4n) is 2.33. The van der Waals surface area contributed by atoms with Crippen LogP contribution in [0.4, 0.5) is 0 Å². The summed E-state index contributed by atoms with van der Waals surface area (Å²) in [6.07, 6.45) is 6.94. The first-order chi connectivity index (χ1) is 10.3. The lowest BCUT2D eigenvalue weighted by Crippen LogP contribution is -2.25. The van der Waals surface area contributed by atoms with Crippen LogP contribution < -0.4 is 4.72 Å². The Bertz CT molecular complexity index is 527. The lowest BCUT2D eigenvalue weighted by Gasteiger charge is -2.19. The van der Waals surface area contributed by atoms with Crippen molar-refractivity contribution < 1.29 is 8.42 Å². The van der Waals surface area contributed by atoms with Crippen molar-refractivity contribution >= 4 is 10.0 Å². The molecule has 0 spiro atoms. The second-order valence-corrected chi connectivity index (χ2v) is 8.71. The van der Waals surface area contributed by atoms with Crippen LogP contribution in [-0.4, -0.2) is 15.0 Å². The van der Waals surface area contributed by atoms with Crippen LogP contribution >= 0.6 is 0 Å². The summed E-state index contributed by atoms with van der Waals surface area (Å²) < 4.78 is 27.1. The standard InChI is InChI=1S/C18H31NO2S/c1-5-6-7-8-9-10-15-19-22(20,21)17-13-11-16(12-14-17)18(2,3)4/h11-14,19H,5-10,15H2,1-4H3. The van der Waals surface area contributed by atoms with Crippen LogP contribution in [0.15, 0.2) is 29.2 Å². The summed E-state index contributed by atoms with van der Waals surface area (Å²) in [5.74, 6) is 0. The fraction of sp³-hybridized carbons (Fsp3) is 0.667. The van der Waals surface area contributed by atoms with Crippen LogP contribution in [0.3, 0.4) is 0 Å². The Morgan fingerprint density at radius 3 is 2.00 bits per heavy atom. The first kappa shape index (κ1) is 19.2. The van der Waals surface area contributed by atoms with E-state index in [1.807, 2.05) is 12.1 Å². The van der Waals surface area contributed by atoms with Crippen molar-refractivity contribution in [2.45, 2.75) is 76.5 Å². The molecule has 126 valence electrons. The zero-order chi connectivity index (χ0) is 16.6. The number of sulfonamides is 1. The van der Waals surface area contributed by atoms with E-state index in [-0.39, 0.29) is 5.41 Å². The topological polar surface area (TPSA) is 46.2 Å². The van der Waals surface area contributed by atoms with E-state index in [1.165, 1.54) is 25.7 Å². The van der Waals surface area contributed by atoms with Crippen molar-refractivity contribution in [2.24, 2.45) is 0 Å². The first-order valence-corrected chi connectivity index (χ1v) is 9.86. The first-order valence-electron chi connectivity index (χ1n) is 8.37. The second-order valence-electron chi connectivity index (χ2n) is 6.94. The van der Waals surface area contributed by atoms with Gasteiger partial charge >= 0.3 is 0 Å². The number of rotatable bonds is 9. The van der Waals surface area contributed by atoms with Gasteiger partial charge in [0.05, 0.1) is 4.90 Å². The maximum atomic E-state index is 12.2. The van der Waals surface area contributed by atoms with Crippen molar-refractivity contribution in [3.8, 4) is 0 Å². The minimum Gasteiger partial charge on any atom is -0.211 e. The van der Waals surface area contributed by atoms with E-state index < -0.39 is 10.0 Å². The Balaban J connectivity index is 2.46. The van der Waals surface area contributed by atoms with Crippen LogP contribution in [0.25, 0.3) is 0 Å². The maximum Gasteiger partial charge on any atom is 0.240 e. The van der Waals surface area contributed by atoms with E-state index in [4.69, 9.17) is 0 Å². The SMILES string of the molecule is CCCCCCCCNS(=O)(=O)c1ccc(C(C)(C)C)cc1. The van der Waals surface area contributed by atoms with Gasteiger partial charge in [0, 0.05) is 6.54 Å². The minimum atomic E-state index is -3.37. The van der Waals surface area contributed by atoms with Gasteiger partial charge in [0.2, 0.25) is 10.0 Å². The molecule has 0 saturated heterocycles. The van der Waals surface area contributed by atoms with Gasteiger partial charge in [-0.3, -0.25) is 0 Å². The molecule has 0 aromatic heterocycles. The zero-order valence-corrected chi connectivity index (χ0v) is 15.3. The molecule has 0 bridgehead atoms. The molecule has 0 fully saturated rings. The summed E-state index contributed by atoms with van der Waals surface area (Å²) >= 11 is 0. The summed E-state index contributed by atoms with van der Waals surface area (Å²) in [5, 5.41) is 0. The van der Waals surface area contributed by atoms with Crippen molar-refractivity contribution in [1.82, 2.24) is 4.72 Å². The summed E-state index contributed by atoms with van der Waals surface area (Å²) in [5.41, 5.74) is 1.18. The van der Waals surface area contributed by atoms with E-state index in [9.17, 15) is 8.42 Å². The van der Waals surface area contributed by atoms with Crippen molar-refractivity contribution in [3.63, 3.8) is 0 Å². The number of unbranched alkanes of at least 4 members (excludes halogenated alkanes) is 5. The molecule has 0 atom stereocenters. The summed E-state index contributed by atoms with van der Waals surface area (Å²) in [6, 6.07) is 7.20. The predicted molar refractivity (Wildman–Crippen MR) is 93.7 cm³/mol. The smallest absolute Gasteiger partial charge is 0.211 e. The van der Waals surface area contributed by atoms with Crippen molar-refractivity contribution in [3.05, 3.63) is 29.8 Å². The normalized spacial score (nSPS) is 12.5. The molecule has 1 N–H and O–H groups in total. The minimum absolute atomic E-state index is 0.0359. The van der Waals surface area contributed by atoms with Crippen LogP contribution in [0.1, 0.15) is 71.8 Å². The molecular formula is C18H31NO2S. The average Bonchev–Trinajstić information content (AvgIpc) is 2.45. The van der Waals surface area contributed by atoms with Gasteiger partial charge in [-0.05, 0) is 29.5 Å². The molecule has 0 unspecified atom stereocenters. The highest BCUT2D eigenvalue weighted by atomic mass is 32.2. The van der Waals surface area contributed by atoms with E-state index in [0.29, 0.717) is 11.4 Å². The average molecular weight is 326 g/mol. The number of nitrogens with one attached hydrogen (secondary N) is 1. The van der Waals surface area contributed by atoms with Gasteiger partial charge in [-0.2, -0.15) is 0 Å². The van der Waals surface area contributed by atoms with Gasteiger partial charge in [-0.1, -0.05) is 71.9 Å². The largest absolute Gasteiger partial charge is 0.240 e. The molecule has 22 heavy (non-hydrogen) atoms. The molecule has 1 rings (SSSR count). The lowest BCUT2D eigenvalue weighted by atomic mass is 9.87. The van der Waals surface area contributed by atoms with Gasteiger partial charge in [0.25, 0.3) is 0 Å². The van der Waals surface area contributed by atoms with Crippen molar-refractivity contribution in [1.29, 1.82) is 0 Å². The Kier molecular flexibility index (Phi) is 7.57. The Hall–Kier alpha value is -0.870. The van der Waals surface area contributed by atoms with Gasteiger partial charge in [0.15, 0.2) is 0 Å². The Morgan fingerprint density at radius 1 is 0.909 bits per heavy atom. The third kappa shape index (κ3) is 6.49. The van der Waals surface area contributed by atoms with E-state index in [0.717, 1.165) is 18.4 Å². The molecule has 3 nitrogen and oxygen atoms in total. The maximum absolute atomic E-state index is 12.2. The molecule has 0 aliphatic carbocycles. The molecule has 0 aliphatic heterocycles. The highest BCUT2D eigenvalue weighted by Crippen LogP contribution is 2.23. The molecule has 4 heteroatoms. The quantitative estimate of drug-likeness (QED) is 0.673. The molecule has 0 amide bonds. The van der Waals surface area contributed by atoms with Gasteiger partial charge in [-0.25, -0.2) is 13.1 Å². The van der Waals surface area contributed by atoms with E-state index in [2.05, 4.69) is 32.4 Å². The van der Waals surface area contributed by atoms with Crippen LogP contribution in [0.5, 0.6) is 0 Å². The molecule has 0 heterocycles. The number of hydrogen-bond donors (Lipinski definition) is 1. The van der Waals surface area contributed by atoms with Gasteiger partial charge in [0.1, 0.15) is 0 Å². The Labute approximate surface area is 136 Å². The summed E-state index contributed by atoms with van der Waals surface area (Å²) in [6.45, 7) is 9.07. The lowest BCUT2D eigenvalue weighted by molar-refractivity contribution is 0.566. The highest BCUT2D eigenvalue weighted by molar-refractivity contribution is 7.89. The molecule has 0 aliphatic rings. The number of benzene rings is 1. The van der Waals surface area contributed by atoms with Crippen molar-refractivity contribution in [2.75, 3.05) is 6.54 Å². The fourth-order valence-corrected chi connectivity index (χ4v) is 3.40. The third-order valence-electron chi connectivity index (χ3n) is 3.85. The molecule has 1 aromatic carbocycles. The second kappa shape index (κ2) is 8.68. The summed E-state index contributed by atoms with van der Waals surface area (Å²) in [7, 11) is -3.37. The zero-order valence-electron chi connectivity index (χ0n) is 14.5. The van der Waals surface area contributed by atoms with E-state index >= 15 is 0 Å². The summed E-state index contributed by atoms with van der Waals surface area (Å²) in [4.78, 5) is 0.353. The van der Waals surface area contributed by atoms with Crippen LogP contribution in [0, 0.1) is 0 Å². The van der Waals surface area contributed by atoms with Gasteiger partial charge < -0.3 is 0 Å². The van der Waals surface area contributed by atoms with Crippen LogP contribution in [-0.2, 0) is 15.4 Å². The highest BCUT2D eigenvalue weighted by Gasteiger charge is 2.17. The molecule has 0 radical (unpaired) electrons. The number of hydrogen-bond acceptors (Lipinski definition) is 2. The molecular weight excluding hydrogens is 294 g/mol. The van der Waals surface area contributed by atoms with E-state index in [1.54, 1.807) is 12.1 Å². The van der Waals surface area contributed by atoms with Gasteiger partial charge in [-0.15, -0.1) is 0 Å². The Morgan fingerprint density at radius 2 is 1.45 bits per heavy atom. The van der Waals surface area contributed by atoms with Crippen LogP contribution in [0.2, 0.25) is 0 Å². The monoisotopic (exact) mass is 325 g/mol. The predicted octanol–water partition coefficient (Wildman–Crippen LogP) is 4.62. The molecule has 1 aromatic rings.